The van der Waals surface area contributed by atoms with Crippen LogP contribution in [0.4, 0.5) is 14.9 Å². The van der Waals surface area contributed by atoms with E-state index < -0.39 is 11.9 Å². The Balaban J connectivity index is 1.53. The van der Waals surface area contributed by atoms with Crippen LogP contribution in [0.15, 0.2) is 48.5 Å². The lowest BCUT2D eigenvalue weighted by Crippen LogP contribution is -2.37. The maximum atomic E-state index is 14.2. The SMILES string of the molecule is O=C(Nc1ccccc1)Oc1ccc(CCN2CCOCC2)cc1F. The molecule has 0 spiro atoms. The number of ether oxygens (including phenoxy) is 2. The molecule has 0 atom stereocenters. The van der Waals surface area contributed by atoms with Crippen molar-refractivity contribution < 1.29 is 18.7 Å². The van der Waals surface area contributed by atoms with Crippen LogP contribution in [0.25, 0.3) is 0 Å². The summed E-state index contributed by atoms with van der Waals surface area (Å²) in [6.45, 7) is 4.17. The first-order chi connectivity index (χ1) is 12.2. The van der Waals surface area contributed by atoms with Crippen LogP contribution >= 0.6 is 0 Å². The molecular weight excluding hydrogens is 323 g/mol. The number of amides is 1. The first-order valence-corrected chi connectivity index (χ1v) is 8.33. The van der Waals surface area contributed by atoms with Crippen LogP contribution in [0, 0.1) is 5.82 Å². The van der Waals surface area contributed by atoms with Crippen molar-refractivity contribution in [2.24, 2.45) is 0 Å². The number of morpholine rings is 1. The van der Waals surface area contributed by atoms with Crippen molar-refractivity contribution in [1.82, 2.24) is 4.90 Å². The Morgan fingerprint density at radius 3 is 2.64 bits per heavy atom. The van der Waals surface area contributed by atoms with Crippen molar-refractivity contribution in [3.8, 4) is 5.75 Å². The molecule has 1 aliphatic rings. The fourth-order valence-corrected chi connectivity index (χ4v) is 2.66. The number of halogens is 1. The van der Waals surface area contributed by atoms with Crippen molar-refractivity contribution in [3.63, 3.8) is 0 Å². The van der Waals surface area contributed by atoms with Gasteiger partial charge >= 0.3 is 6.09 Å². The fourth-order valence-electron chi connectivity index (χ4n) is 2.66. The van der Waals surface area contributed by atoms with E-state index in [4.69, 9.17) is 9.47 Å². The number of rotatable bonds is 5. The molecule has 1 amide bonds. The minimum Gasteiger partial charge on any atom is -0.407 e. The van der Waals surface area contributed by atoms with Gasteiger partial charge in [-0.3, -0.25) is 10.2 Å². The minimum absolute atomic E-state index is 0.0800. The normalized spacial score (nSPS) is 14.9. The molecule has 1 saturated heterocycles. The van der Waals surface area contributed by atoms with Gasteiger partial charge in [-0.25, -0.2) is 9.18 Å². The molecule has 0 radical (unpaired) electrons. The number of benzene rings is 2. The quantitative estimate of drug-likeness (QED) is 0.904. The Morgan fingerprint density at radius 1 is 1.16 bits per heavy atom. The van der Waals surface area contributed by atoms with Gasteiger partial charge in [0.1, 0.15) is 0 Å². The van der Waals surface area contributed by atoms with Gasteiger partial charge in [-0.15, -0.1) is 0 Å². The van der Waals surface area contributed by atoms with Crippen LogP contribution in [-0.2, 0) is 11.2 Å². The van der Waals surface area contributed by atoms with Crippen molar-refractivity contribution in [1.29, 1.82) is 0 Å². The van der Waals surface area contributed by atoms with Crippen molar-refractivity contribution in [2.45, 2.75) is 6.42 Å². The van der Waals surface area contributed by atoms with Crippen molar-refractivity contribution >= 4 is 11.8 Å². The van der Waals surface area contributed by atoms with Gasteiger partial charge in [-0.05, 0) is 36.2 Å². The third-order valence-corrected chi connectivity index (χ3v) is 4.04. The maximum absolute atomic E-state index is 14.2. The monoisotopic (exact) mass is 344 g/mol. The summed E-state index contributed by atoms with van der Waals surface area (Å²) in [6.07, 6.45) is 0.0270. The van der Waals surface area contributed by atoms with E-state index in [0.717, 1.165) is 44.8 Å². The second-order valence-corrected chi connectivity index (χ2v) is 5.85. The number of carbonyl (C=O) groups is 1. The first-order valence-electron chi connectivity index (χ1n) is 8.33. The van der Waals surface area contributed by atoms with Crippen LogP contribution in [-0.4, -0.2) is 43.8 Å². The van der Waals surface area contributed by atoms with Crippen LogP contribution in [0.5, 0.6) is 5.75 Å². The summed E-state index contributed by atoms with van der Waals surface area (Å²) in [5.74, 6) is -0.619. The topological polar surface area (TPSA) is 50.8 Å². The van der Waals surface area contributed by atoms with Gasteiger partial charge in [0, 0.05) is 25.3 Å². The summed E-state index contributed by atoms with van der Waals surface area (Å²) in [7, 11) is 0. The molecule has 0 unspecified atom stereocenters. The first kappa shape index (κ1) is 17.4. The molecule has 3 rings (SSSR count). The highest BCUT2D eigenvalue weighted by Crippen LogP contribution is 2.20. The molecule has 6 heteroatoms. The lowest BCUT2D eigenvalue weighted by atomic mass is 10.1. The molecule has 2 aromatic rings. The van der Waals surface area contributed by atoms with E-state index >= 15 is 0 Å². The molecule has 2 aromatic carbocycles. The Bertz CT molecular complexity index is 703. The number of para-hydroxylation sites is 1. The predicted molar refractivity (Wildman–Crippen MR) is 93.5 cm³/mol. The smallest absolute Gasteiger partial charge is 0.407 e. The summed E-state index contributed by atoms with van der Waals surface area (Å²) < 4.78 is 24.5. The summed E-state index contributed by atoms with van der Waals surface area (Å²) in [5, 5.41) is 2.55. The molecule has 0 saturated carbocycles. The van der Waals surface area contributed by atoms with Gasteiger partial charge in [0.05, 0.1) is 13.2 Å². The zero-order chi connectivity index (χ0) is 17.5. The van der Waals surface area contributed by atoms with Gasteiger partial charge in [-0.2, -0.15) is 0 Å². The van der Waals surface area contributed by atoms with Crippen LogP contribution < -0.4 is 10.1 Å². The third kappa shape index (κ3) is 5.27. The molecule has 0 bridgehead atoms. The lowest BCUT2D eigenvalue weighted by molar-refractivity contribution is 0.0384. The second-order valence-electron chi connectivity index (χ2n) is 5.85. The fraction of sp³-hybridized carbons (Fsp3) is 0.316. The third-order valence-electron chi connectivity index (χ3n) is 4.04. The molecule has 25 heavy (non-hydrogen) atoms. The van der Waals surface area contributed by atoms with E-state index in [1.54, 1.807) is 30.3 Å². The number of hydrogen-bond acceptors (Lipinski definition) is 4. The average molecular weight is 344 g/mol. The van der Waals surface area contributed by atoms with Crippen molar-refractivity contribution in [3.05, 3.63) is 59.9 Å². The van der Waals surface area contributed by atoms with Gasteiger partial charge < -0.3 is 9.47 Å². The Labute approximate surface area is 146 Å². The standard InChI is InChI=1S/C19H21FN2O3/c20-17-14-15(8-9-22-10-12-24-13-11-22)6-7-18(17)25-19(23)21-16-4-2-1-3-5-16/h1-7,14H,8-13H2,(H,21,23). The maximum Gasteiger partial charge on any atom is 0.417 e. The van der Waals surface area contributed by atoms with E-state index in [-0.39, 0.29) is 5.75 Å². The molecular formula is C19H21FN2O3. The van der Waals surface area contributed by atoms with Crippen molar-refractivity contribution in [2.75, 3.05) is 38.2 Å². The van der Waals surface area contributed by atoms with Crippen LogP contribution in [0.1, 0.15) is 5.56 Å². The molecule has 0 aromatic heterocycles. The van der Waals surface area contributed by atoms with E-state index in [2.05, 4.69) is 10.2 Å². The highest BCUT2D eigenvalue weighted by molar-refractivity contribution is 5.86. The number of nitrogens with one attached hydrogen (secondary N) is 1. The largest absolute Gasteiger partial charge is 0.417 e. The lowest BCUT2D eigenvalue weighted by Gasteiger charge is -2.26. The Morgan fingerprint density at radius 2 is 1.92 bits per heavy atom. The summed E-state index contributed by atoms with van der Waals surface area (Å²) in [4.78, 5) is 14.1. The molecule has 1 N–H and O–H groups in total. The van der Waals surface area contributed by atoms with Gasteiger partial charge in [-0.1, -0.05) is 24.3 Å². The van der Waals surface area contributed by atoms with E-state index in [0.29, 0.717) is 5.69 Å². The van der Waals surface area contributed by atoms with E-state index in [1.165, 1.54) is 12.1 Å². The zero-order valence-corrected chi connectivity index (χ0v) is 13.9. The predicted octanol–water partition coefficient (Wildman–Crippen LogP) is 3.31. The summed E-state index contributed by atoms with van der Waals surface area (Å²) in [6, 6.07) is 13.6. The zero-order valence-electron chi connectivity index (χ0n) is 13.9. The average Bonchev–Trinajstić information content (AvgIpc) is 2.64. The molecule has 132 valence electrons. The molecule has 5 nitrogen and oxygen atoms in total. The van der Waals surface area contributed by atoms with E-state index in [9.17, 15) is 9.18 Å². The molecule has 0 aliphatic carbocycles. The number of nitrogens with zero attached hydrogens (tertiary/aromatic N) is 1. The summed E-state index contributed by atoms with van der Waals surface area (Å²) in [5.41, 5.74) is 1.47. The number of carbonyl (C=O) groups excluding carboxylic acids is 1. The van der Waals surface area contributed by atoms with E-state index in [1.807, 2.05) is 6.07 Å². The molecule has 1 aliphatic heterocycles. The Kier molecular flexibility index (Phi) is 5.98. The minimum atomic E-state index is -0.717. The van der Waals surface area contributed by atoms with Gasteiger partial charge in [0.2, 0.25) is 0 Å². The number of hydrogen-bond donors (Lipinski definition) is 1. The van der Waals surface area contributed by atoms with Gasteiger partial charge in [0.25, 0.3) is 0 Å². The number of anilines is 1. The summed E-state index contributed by atoms with van der Waals surface area (Å²) >= 11 is 0. The highest BCUT2D eigenvalue weighted by atomic mass is 19.1. The van der Waals surface area contributed by atoms with Crippen LogP contribution in [0.2, 0.25) is 0 Å². The molecule has 1 fully saturated rings. The Hall–Kier alpha value is -2.44. The van der Waals surface area contributed by atoms with Gasteiger partial charge in [0.15, 0.2) is 11.6 Å². The van der Waals surface area contributed by atoms with Crippen LogP contribution in [0.3, 0.4) is 0 Å². The second kappa shape index (κ2) is 8.60. The highest BCUT2D eigenvalue weighted by Gasteiger charge is 2.13. The molecule has 1 heterocycles.